The molecule has 0 saturated heterocycles. The number of fused-ring (bicyclic) bond motifs is 1. The fourth-order valence-corrected chi connectivity index (χ4v) is 7.92. The average molecular weight is 592 g/mol. The normalized spacial score (nSPS) is 28.2. The molecule has 0 radical (unpaired) electrons. The number of aryl methyl sites for hydroxylation is 1. The van der Waals surface area contributed by atoms with Gasteiger partial charge in [0.2, 0.25) is 11.8 Å². The number of nitriles is 1. The summed E-state index contributed by atoms with van der Waals surface area (Å²) >= 11 is 0. The number of aromatic nitrogens is 2. The summed E-state index contributed by atoms with van der Waals surface area (Å²) in [7, 11) is 0. The highest BCUT2D eigenvalue weighted by Crippen LogP contribution is 2.67. The highest BCUT2D eigenvalue weighted by atomic mass is 16.4. The molecule has 0 aliphatic heterocycles. The quantitative estimate of drug-likeness (QED) is 0.225. The van der Waals surface area contributed by atoms with Crippen LogP contribution in [0.25, 0.3) is 0 Å². The van der Waals surface area contributed by atoms with Crippen LogP contribution in [-0.4, -0.2) is 21.8 Å². The number of nitrogens with zero attached hydrogens (tertiary/aromatic N) is 3. The zero-order chi connectivity index (χ0) is 32.6. The monoisotopic (exact) mass is 591 g/mol. The maximum atomic E-state index is 13.3. The van der Waals surface area contributed by atoms with Crippen molar-refractivity contribution >= 4 is 11.6 Å². The Bertz CT molecular complexity index is 1320. The number of allylic oxidation sites excluding steroid dienone is 4. The van der Waals surface area contributed by atoms with Crippen molar-refractivity contribution in [2.75, 3.05) is 0 Å². The summed E-state index contributed by atoms with van der Waals surface area (Å²) in [6, 6.07) is 2.19. The molecule has 1 aromatic heterocycles. The standard InChI is InChI=1S/C37H57N3O3/c1-13-15-29-39-40-31(43-29)35(10,20-18-32(4,5)14-2)21-19-33(6,7)37(12)17-16-27-34(8,9)30(42)26(24-38)23-36(27,11)28(37)22-25(3)41/h22-23,27H,13-21H2,1-12H3/b28-22-/t27-,35-,36-,37+/m0/s1. The van der Waals surface area contributed by atoms with Gasteiger partial charge >= 0.3 is 0 Å². The second-order valence-electron chi connectivity index (χ2n) is 16.3. The summed E-state index contributed by atoms with van der Waals surface area (Å²) in [6.07, 6.45) is 12.1. The van der Waals surface area contributed by atoms with E-state index in [4.69, 9.17) is 4.42 Å². The fraction of sp³-hybridized carbons (Fsp3) is 0.757. The molecule has 2 aliphatic rings. The summed E-state index contributed by atoms with van der Waals surface area (Å²) < 4.78 is 6.29. The summed E-state index contributed by atoms with van der Waals surface area (Å²) in [5, 5.41) is 18.9. The van der Waals surface area contributed by atoms with Crippen molar-refractivity contribution < 1.29 is 14.0 Å². The number of hydrogen-bond acceptors (Lipinski definition) is 6. The molecular formula is C37H57N3O3. The van der Waals surface area contributed by atoms with Gasteiger partial charge in [-0.05, 0) is 80.1 Å². The molecule has 1 heterocycles. The Balaban J connectivity index is 2.06. The summed E-state index contributed by atoms with van der Waals surface area (Å²) in [6.45, 7) is 26.0. The van der Waals surface area contributed by atoms with Gasteiger partial charge in [-0.2, -0.15) is 5.26 Å². The molecule has 43 heavy (non-hydrogen) atoms. The number of Topliss-reactive ketones (excluding diaryl/α,β-unsaturated/α-hetero) is 1. The second kappa shape index (κ2) is 12.1. The molecule has 2 aliphatic carbocycles. The lowest BCUT2D eigenvalue weighted by molar-refractivity contribution is -0.131. The highest BCUT2D eigenvalue weighted by Gasteiger charge is 2.61. The maximum Gasteiger partial charge on any atom is 0.222 e. The molecule has 1 saturated carbocycles. The third kappa shape index (κ3) is 6.47. The van der Waals surface area contributed by atoms with Crippen molar-refractivity contribution in [2.45, 2.75) is 146 Å². The van der Waals surface area contributed by atoms with E-state index in [0.29, 0.717) is 5.89 Å². The lowest BCUT2D eigenvalue weighted by Gasteiger charge is -2.61. The van der Waals surface area contributed by atoms with Crippen LogP contribution in [0.15, 0.2) is 27.7 Å². The van der Waals surface area contributed by atoms with E-state index < -0.39 is 10.8 Å². The first-order chi connectivity index (χ1) is 19.7. The van der Waals surface area contributed by atoms with Crippen LogP contribution in [-0.2, 0) is 21.4 Å². The van der Waals surface area contributed by atoms with Crippen molar-refractivity contribution in [3.05, 3.63) is 35.1 Å². The Morgan fingerprint density at radius 3 is 2.26 bits per heavy atom. The Kier molecular flexibility index (Phi) is 9.82. The topological polar surface area (TPSA) is 96.9 Å². The van der Waals surface area contributed by atoms with Crippen LogP contribution < -0.4 is 0 Å². The first-order valence-corrected chi connectivity index (χ1v) is 16.5. The molecule has 6 nitrogen and oxygen atoms in total. The van der Waals surface area contributed by atoms with Gasteiger partial charge in [-0.25, -0.2) is 0 Å². The van der Waals surface area contributed by atoms with Crippen molar-refractivity contribution in [2.24, 2.45) is 33.0 Å². The predicted octanol–water partition coefficient (Wildman–Crippen LogP) is 9.30. The number of hydrogen-bond donors (Lipinski definition) is 0. The van der Waals surface area contributed by atoms with Gasteiger partial charge in [-0.3, -0.25) is 9.59 Å². The van der Waals surface area contributed by atoms with E-state index in [1.165, 1.54) is 0 Å². The minimum atomic E-state index is -0.686. The summed E-state index contributed by atoms with van der Waals surface area (Å²) in [5.41, 5.74) is -0.591. The van der Waals surface area contributed by atoms with Crippen LogP contribution in [0.4, 0.5) is 0 Å². The van der Waals surface area contributed by atoms with Gasteiger partial charge in [0.25, 0.3) is 0 Å². The molecule has 4 atom stereocenters. The molecule has 0 aromatic carbocycles. The van der Waals surface area contributed by atoms with Gasteiger partial charge in [0.15, 0.2) is 11.6 Å². The van der Waals surface area contributed by atoms with E-state index in [2.05, 4.69) is 78.6 Å². The summed E-state index contributed by atoms with van der Waals surface area (Å²) in [5.74, 6) is 1.36. The Morgan fingerprint density at radius 2 is 1.70 bits per heavy atom. The average Bonchev–Trinajstić information content (AvgIpc) is 3.40. The zero-order valence-corrected chi connectivity index (χ0v) is 29.2. The number of ketones is 2. The van der Waals surface area contributed by atoms with E-state index in [0.717, 1.165) is 69.3 Å². The van der Waals surface area contributed by atoms with Gasteiger partial charge in [0.05, 0.1) is 5.57 Å². The zero-order valence-electron chi connectivity index (χ0n) is 29.2. The van der Waals surface area contributed by atoms with Crippen LogP contribution in [0.1, 0.15) is 146 Å². The molecule has 0 bridgehead atoms. The largest absolute Gasteiger partial charge is 0.425 e. The fourth-order valence-electron chi connectivity index (χ4n) is 7.92. The predicted molar refractivity (Wildman–Crippen MR) is 172 cm³/mol. The van der Waals surface area contributed by atoms with Crippen LogP contribution in [0.2, 0.25) is 0 Å². The van der Waals surface area contributed by atoms with Gasteiger partial charge < -0.3 is 4.42 Å². The van der Waals surface area contributed by atoms with Crippen LogP contribution in [0.3, 0.4) is 0 Å². The SMILES string of the molecule is CCCc1nnc([C@@](C)(CCC(C)(C)CC)CCC(C)(C)[C@]2(C)CC[C@H]3C(C)(C)C(=O)C(C#N)=C[C@]3(C)/C2=C/C(C)=O)o1. The van der Waals surface area contributed by atoms with Crippen LogP contribution in [0, 0.1) is 44.3 Å². The molecular weight excluding hydrogens is 534 g/mol. The van der Waals surface area contributed by atoms with Crippen molar-refractivity contribution in [1.82, 2.24) is 10.2 Å². The van der Waals surface area contributed by atoms with Crippen LogP contribution in [0.5, 0.6) is 0 Å². The van der Waals surface area contributed by atoms with E-state index >= 15 is 0 Å². The van der Waals surface area contributed by atoms with Crippen molar-refractivity contribution in [1.29, 1.82) is 5.26 Å². The molecule has 0 spiro atoms. The third-order valence-electron chi connectivity index (χ3n) is 12.0. The Morgan fingerprint density at radius 1 is 1.07 bits per heavy atom. The lowest BCUT2D eigenvalue weighted by Crippen LogP contribution is -2.55. The first-order valence-electron chi connectivity index (χ1n) is 16.5. The number of carbonyl (C=O) groups excluding carboxylic acids is 2. The third-order valence-corrected chi connectivity index (χ3v) is 12.0. The van der Waals surface area contributed by atoms with Gasteiger partial charge in [0, 0.05) is 22.7 Å². The Labute approximate surface area is 261 Å². The smallest absolute Gasteiger partial charge is 0.222 e. The number of rotatable bonds is 12. The summed E-state index contributed by atoms with van der Waals surface area (Å²) in [4.78, 5) is 26.1. The first kappa shape index (κ1) is 34.9. The minimum absolute atomic E-state index is 0.00135. The second-order valence-corrected chi connectivity index (χ2v) is 16.3. The molecule has 1 aromatic rings. The van der Waals surface area contributed by atoms with Gasteiger partial charge in [0.1, 0.15) is 6.07 Å². The molecule has 0 amide bonds. The lowest BCUT2D eigenvalue weighted by atomic mass is 9.42. The van der Waals surface area contributed by atoms with E-state index in [1.54, 1.807) is 6.92 Å². The van der Waals surface area contributed by atoms with Gasteiger partial charge in [-0.15, -0.1) is 10.2 Å². The van der Waals surface area contributed by atoms with E-state index in [9.17, 15) is 14.9 Å². The number of carbonyl (C=O) groups is 2. The molecule has 0 N–H and O–H groups in total. The molecule has 3 rings (SSSR count). The van der Waals surface area contributed by atoms with Crippen molar-refractivity contribution in [3.63, 3.8) is 0 Å². The molecule has 1 fully saturated rings. The highest BCUT2D eigenvalue weighted by molar-refractivity contribution is 6.04. The Hall–Kier alpha value is -2.55. The van der Waals surface area contributed by atoms with Gasteiger partial charge in [-0.1, -0.05) is 94.2 Å². The van der Waals surface area contributed by atoms with Crippen molar-refractivity contribution in [3.8, 4) is 6.07 Å². The molecule has 6 heteroatoms. The maximum absolute atomic E-state index is 13.3. The van der Waals surface area contributed by atoms with E-state index in [1.807, 2.05) is 26.0 Å². The molecule has 0 unspecified atom stereocenters. The van der Waals surface area contributed by atoms with E-state index in [-0.39, 0.29) is 44.7 Å². The minimum Gasteiger partial charge on any atom is -0.425 e. The van der Waals surface area contributed by atoms with Crippen LogP contribution >= 0.6 is 0 Å². The molecule has 238 valence electrons.